The Kier molecular flexibility index (Phi) is 8.67. The summed E-state index contributed by atoms with van der Waals surface area (Å²) in [5.74, 6) is -4.73. The average Bonchev–Trinajstić information content (AvgIpc) is 3.51. The molecule has 14 heteroatoms. The fourth-order valence-corrected chi connectivity index (χ4v) is 7.62. The molecule has 1 aliphatic rings. The third-order valence-electron chi connectivity index (χ3n) is 5.89. The van der Waals surface area contributed by atoms with Crippen molar-refractivity contribution >= 4 is 71.5 Å². The van der Waals surface area contributed by atoms with Crippen LogP contribution in [0.2, 0.25) is 0 Å². The SMILES string of the molecule is CCOC(=O)c1ccc2c(c1)sc(=NC(=O)CS(=O)(=O)CC(=O)Nc1sc3c(c1C(=O)OCC)CCC3)n2C. The molecule has 2 amide bonds. The zero-order chi connectivity index (χ0) is 28.3. The molecule has 0 atom stereocenters. The van der Waals surface area contributed by atoms with Gasteiger partial charge < -0.3 is 19.4 Å². The van der Waals surface area contributed by atoms with Gasteiger partial charge in [0.15, 0.2) is 14.6 Å². The van der Waals surface area contributed by atoms with Crippen LogP contribution in [0.1, 0.15) is 51.4 Å². The summed E-state index contributed by atoms with van der Waals surface area (Å²) in [6.07, 6.45) is 2.35. The number of hydrogen-bond acceptors (Lipinski definition) is 10. The van der Waals surface area contributed by atoms with Crippen LogP contribution in [-0.2, 0) is 48.8 Å². The number of thiazole rings is 1. The quantitative estimate of drug-likeness (QED) is 0.372. The summed E-state index contributed by atoms with van der Waals surface area (Å²) in [5, 5.41) is 2.78. The molecule has 0 fully saturated rings. The van der Waals surface area contributed by atoms with Crippen LogP contribution in [0.4, 0.5) is 5.00 Å². The molecule has 0 bridgehead atoms. The van der Waals surface area contributed by atoms with Gasteiger partial charge >= 0.3 is 11.9 Å². The minimum Gasteiger partial charge on any atom is -0.462 e. The summed E-state index contributed by atoms with van der Waals surface area (Å²) < 4.78 is 37.7. The molecule has 208 valence electrons. The molecular formula is C25H27N3O8S3. The van der Waals surface area contributed by atoms with Crippen LogP contribution in [0.15, 0.2) is 23.2 Å². The van der Waals surface area contributed by atoms with Gasteiger partial charge in [-0.25, -0.2) is 18.0 Å². The lowest BCUT2D eigenvalue weighted by atomic mass is 10.1. The molecule has 39 heavy (non-hydrogen) atoms. The van der Waals surface area contributed by atoms with Crippen molar-refractivity contribution < 1.29 is 37.1 Å². The molecule has 0 saturated carbocycles. The summed E-state index contributed by atoms with van der Waals surface area (Å²) in [6, 6.07) is 4.90. The fourth-order valence-electron chi connectivity index (χ4n) is 4.23. The molecule has 4 rings (SSSR count). The summed E-state index contributed by atoms with van der Waals surface area (Å²) in [6.45, 7) is 3.78. The fraction of sp³-hybridized carbons (Fsp3) is 0.400. The highest BCUT2D eigenvalue weighted by Gasteiger charge is 2.29. The number of rotatable bonds is 9. The maximum absolute atomic E-state index is 12.6. The normalized spacial score (nSPS) is 13.4. The molecule has 2 heterocycles. The standard InChI is InChI=1S/C25H27N3O8S3/c1-4-35-23(31)14-9-10-16-18(11-14)38-25(28(16)3)27-20(30)13-39(33,34)12-19(29)26-22-21(24(32)36-5-2)15-7-6-8-17(15)37-22/h9-11H,4-8,12-13H2,1-3H3,(H,26,29). The maximum atomic E-state index is 12.6. The molecule has 1 aliphatic carbocycles. The molecule has 0 spiro atoms. The molecule has 0 unspecified atom stereocenters. The Morgan fingerprint density at radius 2 is 1.74 bits per heavy atom. The first-order valence-electron chi connectivity index (χ1n) is 12.2. The molecule has 11 nitrogen and oxygen atoms in total. The Morgan fingerprint density at radius 1 is 1.03 bits per heavy atom. The summed E-state index contributed by atoms with van der Waals surface area (Å²) in [5.41, 5.74) is 2.15. The number of sulfone groups is 1. The van der Waals surface area contributed by atoms with Gasteiger partial charge in [-0.3, -0.25) is 9.59 Å². The van der Waals surface area contributed by atoms with Gasteiger partial charge in [0.05, 0.1) is 34.6 Å². The number of carbonyl (C=O) groups is 4. The van der Waals surface area contributed by atoms with Crippen molar-refractivity contribution in [3.05, 3.63) is 44.6 Å². The number of thiophene rings is 1. The second kappa shape index (κ2) is 11.8. The Bertz CT molecular complexity index is 1650. The number of aryl methyl sites for hydroxylation is 2. The highest BCUT2D eigenvalue weighted by molar-refractivity contribution is 7.92. The summed E-state index contributed by atoms with van der Waals surface area (Å²) in [7, 11) is -2.50. The minimum absolute atomic E-state index is 0.168. The first-order valence-corrected chi connectivity index (χ1v) is 15.6. The smallest absolute Gasteiger partial charge is 0.341 e. The molecule has 2 aromatic heterocycles. The molecular weight excluding hydrogens is 566 g/mol. The van der Waals surface area contributed by atoms with E-state index in [1.54, 1.807) is 43.7 Å². The highest BCUT2D eigenvalue weighted by Crippen LogP contribution is 2.39. The lowest BCUT2D eigenvalue weighted by Gasteiger charge is -2.08. The zero-order valence-electron chi connectivity index (χ0n) is 21.6. The van der Waals surface area contributed by atoms with Gasteiger partial charge in [-0.2, -0.15) is 4.99 Å². The van der Waals surface area contributed by atoms with E-state index in [1.165, 1.54) is 11.3 Å². The lowest BCUT2D eigenvalue weighted by molar-refractivity contribution is -0.115. The summed E-state index contributed by atoms with van der Waals surface area (Å²) in [4.78, 5) is 54.8. The number of ether oxygens (including phenoxy) is 2. The van der Waals surface area contributed by atoms with E-state index < -0.39 is 45.1 Å². The van der Waals surface area contributed by atoms with Crippen LogP contribution in [-0.4, -0.2) is 61.5 Å². The topological polar surface area (TPSA) is 150 Å². The van der Waals surface area contributed by atoms with Crippen LogP contribution in [0.5, 0.6) is 0 Å². The Morgan fingerprint density at radius 3 is 2.46 bits per heavy atom. The monoisotopic (exact) mass is 593 g/mol. The number of anilines is 1. The van der Waals surface area contributed by atoms with Gasteiger partial charge in [0.1, 0.15) is 16.5 Å². The van der Waals surface area contributed by atoms with Crippen molar-refractivity contribution in [3.8, 4) is 0 Å². The summed E-state index contributed by atoms with van der Waals surface area (Å²) >= 11 is 2.35. The van der Waals surface area contributed by atoms with Crippen molar-refractivity contribution in [2.24, 2.45) is 12.0 Å². The number of fused-ring (bicyclic) bond motifs is 2. The largest absolute Gasteiger partial charge is 0.462 e. The number of amides is 2. The molecule has 0 saturated heterocycles. The van der Waals surface area contributed by atoms with Gasteiger partial charge in [-0.15, -0.1) is 11.3 Å². The van der Waals surface area contributed by atoms with Crippen molar-refractivity contribution in [1.29, 1.82) is 0 Å². The van der Waals surface area contributed by atoms with Gasteiger partial charge in [0.2, 0.25) is 5.91 Å². The van der Waals surface area contributed by atoms with Crippen LogP contribution in [0.3, 0.4) is 0 Å². The van der Waals surface area contributed by atoms with Crippen LogP contribution in [0, 0.1) is 0 Å². The van der Waals surface area contributed by atoms with E-state index in [0.29, 0.717) is 22.2 Å². The van der Waals surface area contributed by atoms with E-state index in [4.69, 9.17) is 9.47 Å². The van der Waals surface area contributed by atoms with Crippen LogP contribution in [0.25, 0.3) is 10.2 Å². The first kappa shape index (κ1) is 28.6. The Balaban J connectivity index is 1.47. The van der Waals surface area contributed by atoms with E-state index in [-0.39, 0.29) is 28.6 Å². The number of carbonyl (C=O) groups excluding carboxylic acids is 4. The predicted octanol–water partition coefficient (Wildman–Crippen LogP) is 2.62. The number of hydrogen-bond donors (Lipinski definition) is 1. The van der Waals surface area contributed by atoms with Gasteiger partial charge in [0.25, 0.3) is 5.91 Å². The minimum atomic E-state index is -4.16. The third-order valence-corrected chi connectivity index (χ3v) is 9.58. The molecule has 0 radical (unpaired) electrons. The molecule has 1 aromatic carbocycles. The van der Waals surface area contributed by atoms with Gasteiger partial charge in [-0.1, -0.05) is 11.3 Å². The number of aromatic nitrogens is 1. The number of nitrogens with zero attached hydrogens (tertiary/aromatic N) is 2. The van der Waals surface area contributed by atoms with E-state index >= 15 is 0 Å². The molecule has 0 aliphatic heterocycles. The first-order chi connectivity index (χ1) is 18.5. The predicted molar refractivity (Wildman–Crippen MR) is 147 cm³/mol. The van der Waals surface area contributed by atoms with E-state index in [9.17, 15) is 27.6 Å². The lowest BCUT2D eigenvalue weighted by Crippen LogP contribution is -2.28. The van der Waals surface area contributed by atoms with Gasteiger partial charge in [0, 0.05) is 11.9 Å². The average molecular weight is 594 g/mol. The number of benzene rings is 1. The molecule has 3 aromatic rings. The van der Waals surface area contributed by atoms with Crippen LogP contribution < -0.4 is 10.1 Å². The van der Waals surface area contributed by atoms with E-state index in [1.807, 2.05) is 0 Å². The van der Waals surface area contributed by atoms with E-state index in [0.717, 1.165) is 34.6 Å². The van der Waals surface area contributed by atoms with Crippen molar-refractivity contribution in [2.45, 2.75) is 33.1 Å². The third kappa shape index (κ3) is 6.45. The number of esters is 2. The molecule has 1 N–H and O–H groups in total. The van der Waals surface area contributed by atoms with E-state index in [2.05, 4.69) is 10.3 Å². The zero-order valence-corrected chi connectivity index (χ0v) is 24.0. The second-order valence-corrected chi connectivity index (χ2v) is 12.9. The van der Waals surface area contributed by atoms with Gasteiger partial charge in [-0.05, 0) is 56.9 Å². The Labute approximate surface area is 232 Å². The number of nitrogens with one attached hydrogen (secondary N) is 1. The second-order valence-electron chi connectivity index (χ2n) is 8.71. The van der Waals surface area contributed by atoms with Crippen LogP contribution >= 0.6 is 22.7 Å². The van der Waals surface area contributed by atoms with Crippen molar-refractivity contribution in [2.75, 3.05) is 30.0 Å². The Hall–Kier alpha value is -3.36. The van der Waals surface area contributed by atoms with Crippen molar-refractivity contribution in [1.82, 2.24) is 4.57 Å². The maximum Gasteiger partial charge on any atom is 0.341 e. The van der Waals surface area contributed by atoms with Crippen molar-refractivity contribution in [3.63, 3.8) is 0 Å². The highest BCUT2D eigenvalue weighted by atomic mass is 32.2.